The minimum absolute atomic E-state index is 0.0124. The van der Waals surface area contributed by atoms with Crippen LogP contribution in [0.2, 0.25) is 5.15 Å². The van der Waals surface area contributed by atoms with E-state index in [1.165, 1.54) is 6.33 Å². The van der Waals surface area contributed by atoms with Gasteiger partial charge < -0.3 is 21.8 Å². The number of aromatic nitrogens is 4. The smallest absolute Gasteiger partial charge is 0.223 e. The van der Waals surface area contributed by atoms with Crippen LogP contribution in [0.3, 0.4) is 0 Å². The molecule has 36 heavy (non-hydrogen) atoms. The third kappa shape index (κ3) is 5.20. The fraction of sp³-hybridized carbons (Fsp3) is 0.333. The molecule has 8 nitrogen and oxygen atoms in total. The van der Waals surface area contributed by atoms with Gasteiger partial charge in [-0.1, -0.05) is 48.0 Å². The van der Waals surface area contributed by atoms with Gasteiger partial charge in [-0.05, 0) is 62.3 Å². The first-order valence-corrected chi connectivity index (χ1v) is 12.7. The van der Waals surface area contributed by atoms with E-state index in [-0.39, 0.29) is 17.9 Å². The van der Waals surface area contributed by atoms with E-state index in [0.29, 0.717) is 46.9 Å². The standard InChI is InChI=1S/C27H30ClN7O/c28-24-23(19-10-11-20-21(13-19)31-15-32-25(20)30)34-26(35-24)22(12-16-4-2-1-3-5-16)33-27(36)18-8-6-17(14-29)7-9-18/h1-5,10-11,13,15,17-18,22H,6-9,12,14,29H2,(H,33,36)(H,34,35)(H2,30,31,32). The molecule has 0 aliphatic heterocycles. The molecule has 1 amide bonds. The Bertz CT molecular complexity index is 1350. The largest absolute Gasteiger partial charge is 0.383 e. The number of fused-ring (bicyclic) bond motifs is 1. The lowest BCUT2D eigenvalue weighted by molar-refractivity contribution is -0.127. The quantitative estimate of drug-likeness (QED) is 0.295. The first kappa shape index (κ1) is 24.2. The highest BCUT2D eigenvalue weighted by molar-refractivity contribution is 6.32. The van der Waals surface area contributed by atoms with Crippen LogP contribution in [0.25, 0.3) is 22.2 Å². The highest BCUT2D eigenvalue weighted by atomic mass is 35.5. The monoisotopic (exact) mass is 503 g/mol. The molecule has 1 fully saturated rings. The molecule has 1 aliphatic rings. The Balaban J connectivity index is 1.42. The Hall–Kier alpha value is -3.49. The number of nitrogens with zero attached hydrogens (tertiary/aromatic N) is 3. The van der Waals surface area contributed by atoms with E-state index in [2.05, 4.69) is 20.3 Å². The summed E-state index contributed by atoms with van der Waals surface area (Å²) < 4.78 is 0. The van der Waals surface area contributed by atoms with Crippen LogP contribution in [0.1, 0.15) is 43.1 Å². The van der Waals surface area contributed by atoms with Crippen LogP contribution >= 0.6 is 11.6 Å². The van der Waals surface area contributed by atoms with Gasteiger partial charge in [-0.3, -0.25) is 4.79 Å². The van der Waals surface area contributed by atoms with Crippen LogP contribution in [0, 0.1) is 11.8 Å². The van der Waals surface area contributed by atoms with Crippen molar-refractivity contribution in [2.75, 3.05) is 12.3 Å². The zero-order valence-electron chi connectivity index (χ0n) is 20.0. The Morgan fingerprint density at radius 2 is 1.89 bits per heavy atom. The molecule has 5 rings (SSSR count). The van der Waals surface area contributed by atoms with Crippen LogP contribution in [-0.2, 0) is 11.2 Å². The number of carbonyl (C=O) groups is 1. The van der Waals surface area contributed by atoms with Crippen molar-refractivity contribution in [1.29, 1.82) is 0 Å². The van der Waals surface area contributed by atoms with Crippen molar-refractivity contribution in [1.82, 2.24) is 25.3 Å². The Morgan fingerprint density at radius 3 is 2.64 bits per heavy atom. The zero-order valence-corrected chi connectivity index (χ0v) is 20.7. The number of hydrogen-bond acceptors (Lipinski definition) is 6. The molecule has 6 N–H and O–H groups in total. The number of benzene rings is 2. The average Bonchev–Trinajstić information content (AvgIpc) is 3.30. The van der Waals surface area contributed by atoms with Crippen molar-refractivity contribution in [2.45, 2.75) is 38.1 Å². The third-order valence-electron chi connectivity index (χ3n) is 7.10. The first-order valence-electron chi connectivity index (χ1n) is 12.3. The van der Waals surface area contributed by atoms with Gasteiger partial charge in [0.2, 0.25) is 5.91 Å². The second-order valence-corrected chi connectivity index (χ2v) is 9.86. The van der Waals surface area contributed by atoms with Gasteiger partial charge in [-0.25, -0.2) is 15.0 Å². The summed E-state index contributed by atoms with van der Waals surface area (Å²) in [5.74, 6) is 1.60. The summed E-state index contributed by atoms with van der Waals surface area (Å²) in [4.78, 5) is 29.7. The predicted molar refractivity (Wildman–Crippen MR) is 142 cm³/mol. The molecule has 0 spiro atoms. The van der Waals surface area contributed by atoms with E-state index in [0.717, 1.165) is 42.2 Å². The molecule has 2 heterocycles. The molecule has 9 heteroatoms. The average molecular weight is 504 g/mol. The molecule has 2 aromatic carbocycles. The summed E-state index contributed by atoms with van der Waals surface area (Å²) in [6.45, 7) is 0.687. The number of imidazole rings is 1. The highest BCUT2D eigenvalue weighted by Gasteiger charge is 2.29. The lowest BCUT2D eigenvalue weighted by atomic mass is 9.81. The van der Waals surface area contributed by atoms with Crippen LogP contribution in [0.15, 0.2) is 54.9 Å². The van der Waals surface area contributed by atoms with Gasteiger partial charge in [0.15, 0.2) is 0 Å². The van der Waals surface area contributed by atoms with Crippen LogP contribution < -0.4 is 16.8 Å². The molecule has 2 aromatic heterocycles. The molecule has 0 saturated heterocycles. The number of amides is 1. The summed E-state index contributed by atoms with van der Waals surface area (Å²) in [6.07, 6.45) is 5.73. The number of carbonyl (C=O) groups excluding carboxylic acids is 1. The number of hydrogen-bond donors (Lipinski definition) is 4. The summed E-state index contributed by atoms with van der Waals surface area (Å²) >= 11 is 6.63. The zero-order chi connectivity index (χ0) is 25.1. The molecule has 0 radical (unpaired) electrons. The maximum atomic E-state index is 13.3. The van der Waals surface area contributed by atoms with Crippen molar-refractivity contribution in [3.05, 3.63) is 71.4 Å². The molecule has 1 atom stereocenters. The Labute approximate surface area is 214 Å². The topological polar surface area (TPSA) is 136 Å². The number of aromatic amines is 1. The summed E-state index contributed by atoms with van der Waals surface area (Å²) in [5, 5.41) is 4.43. The van der Waals surface area contributed by atoms with Gasteiger partial charge in [0.05, 0.1) is 11.6 Å². The Kier molecular flexibility index (Phi) is 7.16. The number of anilines is 1. The van der Waals surface area contributed by atoms with Crippen LogP contribution in [-0.4, -0.2) is 32.4 Å². The maximum Gasteiger partial charge on any atom is 0.223 e. The number of nitrogens with one attached hydrogen (secondary N) is 2. The number of rotatable bonds is 7. The lowest BCUT2D eigenvalue weighted by Crippen LogP contribution is -2.37. The predicted octanol–water partition coefficient (Wildman–Crippen LogP) is 4.42. The van der Waals surface area contributed by atoms with E-state index in [9.17, 15) is 4.79 Å². The van der Waals surface area contributed by atoms with Crippen molar-refractivity contribution in [3.8, 4) is 11.3 Å². The van der Waals surface area contributed by atoms with Gasteiger partial charge in [0.1, 0.15) is 28.8 Å². The second-order valence-electron chi connectivity index (χ2n) is 9.48. The Morgan fingerprint density at radius 1 is 1.11 bits per heavy atom. The van der Waals surface area contributed by atoms with E-state index in [1.54, 1.807) is 0 Å². The molecule has 1 aliphatic carbocycles. The highest BCUT2D eigenvalue weighted by Crippen LogP contribution is 2.32. The molecular formula is C27H30ClN7O. The third-order valence-corrected chi connectivity index (χ3v) is 7.37. The van der Waals surface area contributed by atoms with Crippen molar-refractivity contribution in [3.63, 3.8) is 0 Å². The first-order chi connectivity index (χ1) is 17.5. The van der Waals surface area contributed by atoms with Crippen molar-refractivity contribution >= 4 is 34.2 Å². The van der Waals surface area contributed by atoms with E-state index in [4.69, 9.17) is 28.1 Å². The molecule has 0 bridgehead atoms. The minimum Gasteiger partial charge on any atom is -0.383 e. The van der Waals surface area contributed by atoms with Crippen molar-refractivity contribution < 1.29 is 4.79 Å². The number of halogens is 1. The summed E-state index contributed by atoms with van der Waals surface area (Å²) in [7, 11) is 0. The fourth-order valence-electron chi connectivity index (χ4n) is 4.97. The van der Waals surface area contributed by atoms with E-state index >= 15 is 0 Å². The molecule has 4 aromatic rings. The van der Waals surface area contributed by atoms with Gasteiger partial charge in [0, 0.05) is 16.9 Å². The van der Waals surface area contributed by atoms with Crippen LogP contribution in [0.4, 0.5) is 5.82 Å². The lowest BCUT2D eigenvalue weighted by Gasteiger charge is -2.28. The summed E-state index contributed by atoms with van der Waals surface area (Å²) in [5.41, 5.74) is 15.0. The van der Waals surface area contributed by atoms with Crippen molar-refractivity contribution in [2.24, 2.45) is 17.6 Å². The van der Waals surface area contributed by atoms with Gasteiger partial charge in [-0.2, -0.15) is 0 Å². The number of nitrogens with two attached hydrogens (primary N) is 2. The molecular weight excluding hydrogens is 474 g/mol. The second kappa shape index (κ2) is 10.6. The fourth-order valence-corrected chi connectivity index (χ4v) is 5.21. The summed E-state index contributed by atoms with van der Waals surface area (Å²) in [6, 6.07) is 15.4. The SMILES string of the molecule is NCC1CCC(C(=O)NC(Cc2ccccc2)c2nc(-c3ccc4c(N)ncnc4c3)c(Cl)[nH]2)CC1. The number of H-pyrrole nitrogens is 1. The molecule has 1 unspecified atom stereocenters. The van der Waals surface area contributed by atoms with Gasteiger partial charge >= 0.3 is 0 Å². The van der Waals surface area contributed by atoms with Gasteiger partial charge in [-0.15, -0.1) is 0 Å². The number of nitrogen functional groups attached to an aromatic ring is 1. The van der Waals surface area contributed by atoms with Crippen LogP contribution in [0.5, 0.6) is 0 Å². The molecule has 1 saturated carbocycles. The normalized spacial score (nSPS) is 18.7. The van der Waals surface area contributed by atoms with Gasteiger partial charge in [0.25, 0.3) is 0 Å². The maximum absolute atomic E-state index is 13.3. The van der Waals surface area contributed by atoms with E-state index < -0.39 is 0 Å². The van der Waals surface area contributed by atoms with E-state index in [1.807, 2.05) is 48.5 Å². The minimum atomic E-state index is -0.350. The molecule has 186 valence electrons.